The second-order valence-electron chi connectivity index (χ2n) is 5.07. The summed E-state index contributed by atoms with van der Waals surface area (Å²) in [6, 6.07) is 18.0. The molecule has 1 saturated carbocycles. The summed E-state index contributed by atoms with van der Waals surface area (Å²) >= 11 is 0. The lowest BCUT2D eigenvalue weighted by Crippen LogP contribution is -2.07. The molecule has 1 aliphatic rings. The van der Waals surface area contributed by atoms with Gasteiger partial charge in [-0.05, 0) is 36.1 Å². The third-order valence-electron chi connectivity index (χ3n) is 3.69. The van der Waals surface area contributed by atoms with Crippen LogP contribution >= 0.6 is 0 Å². The predicted octanol–water partition coefficient (Wildman–Crippen LogP) is 3.50. The molecule has 0 heterocycles. The molecule has 0 aliphatic heterocycles. The molecule has 2 nitrogen and oxygen atoms in total. The van der Waals surface area contributed by atoms with Crippen molar-refractivity contribution >= 4 is 6.29 Å². The van der Waals surface area contributed by atoms with Crippen LogP contribution in [-0.4, -0.2) is 6.29 Å². The smallest absolute Gasteiger partial charge is 0.130 e. The fraction of sp³-hybridized carbons (Fsp3) is 0.235. The standard InChI is InChI=1S/C17H16O2/c18-13-17(10-11-17)15-6-8-16(9-7-15)19-12-14-4-2-1-3-5-14/h1-9,13H,10-12H2. The monoisotopic (exact) mass is 252 g/mol. The van der Waals surface area contributed by atoms with Crippen molar-refractivity contribution in [2.45, 2.75) is 24.9 Å². The van der Waals surface area contributed by atoms with E-state index in [4.69, 9.17) is 4.74 Å². The van der Waals surface area contributed by atoms with E-state index in [1.807, 2.05) is 54.6 Å². The van der Waals surface area contributed by atoms with E-state index in [1.165, 1.54) is 0 Å². The van der Waals surface area contributed by atoms with Crippen molar-refractivity contribution < 1.29 is 9.53 Å². The van der Waals surface area contributed by atoms with Gasteiger partial charge in [-0.3, -0.25) is 0 Å². The van der Waals surface area contributed by atoms with Crippen LogP contribution in [0.25, 0.3) is 0 Å². The third kappa shape index (κ3) is 2.53. The summed E-state index contributed by atoms with van der Waals surface area (Å²) in [6.45, 7) is 0.568. The fourth-order valence-corrected chi connectivity index (χ4v) is 2.23. The van der Waals surface area contributed by atoms with E-state index in [2.05, 4.69) is 0 Å². The summed E-state index contributed by atoms with van der Waals surface area (Å²) in [6.07, 6.45) is 3.02. The highest BCUT2D eigenvalue weighted by molar-refractivity contribution is 5.73. The SMILES string of the molecule is O=CC1(c2ccc(OCc3ccccc3)cc2)CC1. The number of carbonyl (C=O) groups excluding carboxylic acids is 1. The van der Waals surface area contributed by atoms with Gasteiger partial charge in [0.2, 0.25) is 0 Å². The lowest BCUT2D eigenvalue weighted by atomic mass is 9.98. The van der Waals surface area contributed by atoms with Crippen molar-refractivity contribution in [3.05, 3.63) is 65.7 Å². The molecule has 1 fully saturated rings. The van der Waals surface area contributed by atoms with Crippen LogP contribution in [-0.2, 0) is 16.8 Å². The molecule has 0 saturated heterocycles. The van der Waals surface area contributed by atoms with Gasteiger partial charge in [0.25, 0.3) is 0 Å². The van der Waals surface area contributed by atoms with Gasteiger partial charge in [0.05, 0.1) is 5.41 Å². The Morgan fingerprint density at radius 1 is 1.00 bits per heavy atom. The van der Waals surface area contributed by atoms with Gasteiger partial charge >= 0.3 is 0 Å². The molecule has 19 heavy (non-hydrogen) atoms. The zero-order valence-electron chi connectivity index (χ0n) is 10.7. The topological polar surface area (TPSA) is 26.3 Å². The number of aldehydes is 1. The maximum Gasteiger partial charge on any atom is 0.130 e. The maximum absolute atomic E-state index is 11.1. The summed E-state index contributed by atoms with van der Waals surface area (Å²) in [7, 11) is 0. The summed E-state index contributed by atoms with van der Waals surface area (Å²) in [4.78, 5) is 11.1. The van der Waals surface area contributed by atoms with Crippen molar-refractivity contribution in [2.75, 3.05) is 0 Å². The highest BCUT2D eigenvalue weighted by atomic mass is 16.5. The van der Waals surface area contributed by atoms with Gasteiger partial charge in [-0.25, -0.2) is 0 Å². The van der Waals surface area contributed by atoms with Crippen LogP contribution in [0.4, 0.5) is 0 Å². The minimum absolute atomic E-state index is 0.196. The molecule has 0 radical (unpaired) electrons. The van der Waals surface area contributed by atoms with Gasteiger partial charge < -0.3 is 9.53 Å². The molecule has 3 rings (SSSR count). The number of carbonyl (C=O) groups is 1. The molecule has 0 unspecified atom stereocenters. The van der Waals surface area contributed by atoms with Crippen molar-refractivity contribution in [3.8, 4) is 5.75 Å². The summed E-state index contributed by atoms with van der Waals surface area (Å²) in [5.41, 5.74) is 2.06. The zero-order valence-corrected chi connectivity index (χ0v) is 10.7. The zero-order chi connectivity index (χ0) is 13.1. The number of ether oxygens (including phenoxy) is 1. The highest BCUT2D eigenvalue weighted by Gasteiger charge is 2.44. The van der Waals surface area contributed by atoms with Gasteiger partial charge in [-0.15, -0.1) is 0 Å². The maximum atomic E-state index is 11.1. The molecule has 0 amide bonds. The Hall–Kier alpha value is -2.09. The third-order valence-corrected chi connectivity index (χ3v) is 3.69. The molecule has 0 atom stereocenters. The van der Waals surface area contributed by atoms with Gasteiger partial charge in [-0.1, -0.05) is 42.5 Å². The molecule has 0 spiro atoms. The van der Waals surface area contributed by atoms with E-state index in [0.29, 0.717) is 6.61 Å². The first-order valence-corrected chi connectivity index (χ1v) is 6.56. The van der Waals surface area contributed by atoms with E-state index in [-0.39, 0.29) is 5.41 Å². The molecule has 1 aliphatic carbocycles. The summed E-state index contributed by atoms with van der Waals surface area (Å²) in [5.74, 6) is 0.842. The van der Waals surface area contributed by atoms with E-state index < -0.39 is 0 Å². The van der Waals surface area contributed by atoms with Crippen LogP contribution in [0.15, 0.2) is 54.6 Å². The quantitative estimate of drug-likeness (QED) is 0.761. The number of benzene rings is 2. The van der Waals surface area contributed by atoms with Crippen LogP contribution in [0.2, 0.25) is 0 Å². The Morgan fingerprint density at radius 2 is 1.68 bits per heavy atom. The average molecular weight is 252 g/mol. The van der Waals surface area contributed by atoms with Crippen LogP contribution < -0.4 is 4.74 Å². The Bertz CT molecular complexity index is 554. The molecule has 0 aromatic heterocycles. The van der Waals surface area contributed by atoms with Crippen molar-refractivity contribution in [3.63, 3.8) is 0 Å². The predicted molar refractivity (Wildman–Crippen MR) is 74.2 cm³/mol. The first-order valence-electron chi connectivity index (χ1n) is 6.56. The van der Waals surface area contributed by atoms with E-state index in [0.717, 1.165) is 36.0 Å². The number of rotatable bonds is 5. The van der Waals surface area contributed by atoms with E-state index >= 15 is 0 Å². The second-order valence-corrected chi connectivity index (χ2v) is 5.07. The van der Waals surface area contributed by atoms with Gasteiger partial charge in [-0.2, -0.15) is 0 Å². The molecule has 96 valence electrons. The van der Waals surface area contributed by atoms with Gasteiger partial charge in [0.15, 0.2) is 0 Å². The van der Waals surface area contributed by atoms with Crippen LogP contribution in [0.3, 0.4) is 0 Å². The second kappa shape index (κ2) is 4.88. The largest absolute Gasteiger partial charge is 0.489 e. The number of hydrogen-bond acceptors (Lipinski definition) is 2. The Morgan fingerprint density at radius 3 is 2.26 bits per heavy atom. The van der Waals surface area contributed by atoms with Crippen LogP contribution in [0.5, 0.6) is 5.75 Å². The van der Waals surface area contributed by atoms with Gasteiger partial charge in [0.1, 0.15) is 18.6 Å². The average Bonchev–Trinajstić information content (AvgIpc) is 3.28. The minimum atomic E-state index is -0.196. The normalized spacial score (nSPS) is 15.8. The molecule has 2 heteroatoms. The molecule has 0 bridgehead atoms. The van der Waals surface area contributed by atoms with Crippen LogP contribution in [0, 0.1) is 0 Å². The Kier molecular flexibility index (Phi) is 3.08. The van der Waals surface area contributed by atoms with Crippen molar-refractivity contribution in [2.24, 2.45) is 0 Å². The van der Waals surface area contributed by atoms with Crippen LogP contribution in [0.1, 0.15) is 24.0 Å². The number of hydrogen-bond donors (Lipinski definition) is 0. The lowest BCUT2D eigenvalue weighted by Gasteiger charge is -2.10. The molecule has 2 aromatic rings. The van der Waals surface area contributed by atoms with Gasteiger partial charge in [0, 0.05) is 0 Å². The first-order chi connectivity index (χ1) is 9.32. The Labute approximate surface area is 113 Å². The molecule has 0 N–H and O–H groups in total. The van der Waals surface area contributed by atoms with E-state index in [1.54, 1.807) is 0 Å². The molecular weight excluding hydrogens is 236 g/mol. The lowest BCUT2D eigenvalue weighted by molar-refractivity contribution is -0.109. The first kappa shape index (κ1) is 12.0. The summed E-state index contributed by atoms with van der Waals surface area (Å²) in [5, 5.41) is 0. The molecular formula is C17H16O2. The van der Waals surface area contributed by atoms with Crippen molar-refractivity contribution in [1.29, 1.82) is 0 Å². The van der Waals surface area contributed by atoms with Crippen molar-refractivity contribution in [1.82, 2.24) is 0 Å². The summed E-state index contributed by atoms with van der Waals surface area (Å²) < 4.78 is 5.73. The fourth-order valence-electron chi connectivity index (χ4n) is 2.23. The molecule has 2 aromatic carbocycles. The Balaban J connectivity index is 1.65. The minimum Gasteiger partial charge on any atom is -0.489 e. The highest BCUT2D eigenvalue weighted by Crippen LogP contribution is 2.46. The van der Waals surface area contributed by atoms with E-state index in [9.17, 15) is 4.79 Å².